The van der Waals surface area contributed by atoms with Crippen molar-refractivity contribution in [2.75, 3.05) is 19.8 Å². The quantitative estimate of drug-likeness (QED) is 0.867. The molecule has 0 radical (unpaired) electrons. The summed E-state index contributed by atoms with van der Waals surface area (Å²) in [6.07, 6.45) is 3.58. The van der Waals surface area contributed by atoms with Crippen LogP contribution in [0.1, 0.15) is 42.7 Å². The van der Waals surface area contributed by atoms with E-state index in [2.05, 4.69) is 30.6 Å². The Morgan fingerprint density at radius 1 is 1.47 bits per heavy atom. The SMILES string of the molecule is CCCNC(c1sccc1C)C1CCOCC1. The third kappa shape index (κ3) is 3.30. The first kappa shape index (κ1) is 13.1. The summed E-state index contributed by atoms with van der Waals surface area (Å²) in [6, 6.07) is 2.78. The second-order valence-corrected chi connectivity index (χ2v) is 5.80. The third-order valence-electron chi connectivity index (χ3n) is 3.54. The van der Waals surface area contributed by atoms with Gasteiger partial charge in [-0.25, -0.2) is 0 Å². The van der Waals surface area contributed by atoms with E-state index in [1.165, 1.54) is 29.7 Å². The highest BCUT2D eigenvalue weighted by Gasteiger charge is 2.26. The van der Waals surface area contributed by atoms with E-state index in [-0.39, 0.29) is 0 Å². The molecule has 1 fully saturated rings. The van der Waals surface area contributed by atoms with E-state index in [9.17, 15) is 0 Å². The van der Waals surface area contributed by atoms with Crippen molar-refractivity contribution in [1.29, 1.82) is 0 Å². The molecule has 2 nitrogen and oxygen atoms in total. The number of thiophene rings is 1. The zero-order valence-corrected chi connectivity index (χ0v) is 11.7. The molecule has 2 heterocycles. The molecule has 0 spiro atoms. The first-order valence-electron chi connectivity index (χ1n) is 6.68. The normalized spacial score (nSPS) is 19.4. The number of aryl methyl sites for hydroxylation is 1. The van der Waals surface area contributed by atoms with Crippen molar-refractivity contribution in [3.8, 4) is 0 Å². The van der Waals surface area contributed by atoms with Gasteiger partial charge in [0, 0.05) is 24.1 Å². The number of ether oxygens (including phenoxy) is 1. The lowest BCUT2D eigenvalue weighted by atomic mass is 9.89. The highest BCUT2D eigenvalue weighted by Crippen LogP contribution is 2.34. The molecule has 0 bridgehead atoms. The van der Waals surface area contributed by atoms with E-state index in [0.717, 1.165) is 25.7 Å². The molecular formula is C14H23NOS. The van der Waals surface area contributed by atoms with Crippen molar-refractivity contribution in [1.82, 2.24) is 5.32 Å². The van der Waals surface area contributed by atoms with Gasteiger partial charge in [-0.05, 0) is 55.7 Å². The second kappa shape index (κ2) is 6.53. The molecule has 0 aliphatic carbocycles. The molecule has 96 valence electrons. The van der Waals surface area contributed by atoms with Crippen molar-refractivity contribution >= 4 is 11.3 Å². The Balaban J connectivity index is 2.09. The van der Waals surface area contributed by atoms with E-state index >= 15 is 0 Å². The molecule has 1 N–H and O–H groups in total. The molecule has 1 aliphatic rings. The molecule has 2 rings (SSSR count). The van der Waals surface area contributed by atoms with Gasteiger partial charge in [0.15, 0.2) is 0 Å². The van der Waals surface area contributed by atoms with Gasteiger partial charge in [0.2, 0.25) is 0 Å². The fraction of sp³-hybridized carbons (Fsp3) is 0.714. The van der Waals surface area contributed by atoms with Gasteiger partial charge in [0.1, 0.15) is 0 Å². The Morgan fingerprint density at radius 3 is 2.82 bits per heavy atom. The predicted molar refractivity (Wildman–Crippen MR) is 73.6 cm³/mol. The zero-order chi connectivity index (χ0) is 12.1. The topological polar surface area (TPSA) is 21.3 Å². The van der Waals surface area contributed by atoms with Crippen LogP contribution in [-0.4, -0.2) is 19.8 Å². The first-order chi connectivity index (χ1) is 8.33. The maximum atomic E-state index is 5.48. The highest BCUT2D eigenvalue weighted by atomic mass is 32.1. The van der Waals surface area contributed by atoms with Gasteiger partial charge in [0.25, 0.3) is 0 Å². The average molecular weight is 253 g/mol. The lowest BCUT2D eigenvalue weighted by Gasteiger charge is -2.31. The molecule has 0 amide bonds. The van der Waals surface area contributed by atoms with Gasteiger partial charge in [-0.2, -0.15) is 0 Å². The maximum absolute atomic E-state index is 5.48. The Kier molecular flexibility index (Phi) is 5.01. The van der Waals surface area contributed by atoms with E-state index in [0.29, 0.717) is 6.04 Å². The molecular weight excluding hydrogens is 230 g/mol. The van der Waals surface area contributed by atoms with Crippen molar-refractivity contribution < 1.29 is 4.74 Å². The summed E-state index contributed by atoms with van der Waals surface area (Å²) in [4.78, 5) is 1.53. The number of hydrogen-bond acceptors (Lipinski definition) is 3. The van der Waals surface area contributed by atoms with Crippen LogP contribution in [0.2, 0.25) is 0 Å². The fourth-order valence-corrected chi connectivity index (χ4v) is 3.62. The summed E-state index contributed by atoms with van der Waals surface area (Å²) in [5, 5.41) is 5.95. The van der Waals surface area contributed by atoms with Crippen LogP contribution in [0.15, 0.2) is 11.4 Å². The van der Waals surface area contributed by atoms with Crippen LogP contribution in [0.25, 0.3) is 0 Å². The Bertz CT molecular complexity index is 331. The maximum Gasteiger partial charge on any atom is 0.0469 e. The van der Waals surface area contributed by atoms with Gasteiger partial charge in [-0.3, -0.25) is 0 Å². The van der Waals surface area contributed by atoms with Gasteiger partial charge < -0.3 is 10.1 Å². The molecule has 0 aromatic carbocycles. The zero-order valence-electron chi connectivity index (χ0n) is 10.9. The van der Waals surface area contributed by atoms with Crippen LogP contribution in [0.5, 0.6) is 0 Å². The summed E-state index contributed by atoms with van der Waals surface area (Å²) in [5.41, 5.74) is 1.44. The minimum Gasteiger partial charge on any atom is -0.381 e. The summed E-state index contributed by atoms with van der Waals surface area (Å²) in [6.45, 7) is 7.43. The number of hydrogen-bond donors (Lipinski definition) is 1. The van der Waals surface area contributed by atoms with Crippen molar-refractivity contribution in [3.63, 3.8) is 0 Å². The lowest BCUT2D eigenvalue weighted by molar-refractivity contribution is 0.0540. The van der Waals surface area contributed by atoms with Crippen molar-refractivity contribution in [2.24, 2.45) is 5.92 Å². The van der Waals surface area contributed by atoms with E-state index in [4.69, 9.17) is 4.74 Å². The van der Waals surface area contributed by atoms with Gasteiger partial charge in [-0.15, -0.1) is 11.3 Å². The van der Waals surface area contributed by atoms with Crippen LogP contribution in [0.4, 0.5) is 0 Å². The molecule has 1 unspecified atom stereocenters. The Hall–Kier alpha value is -0.380. The number of rotatable bonds is 5. The molecule has 1 aromatic heterocycles. The minimum absolute atomic E-state index is 0.541. The fourth-order valence-electron chi connectivity index (χ4n) is 2.53. The molecule has 3 heteroatoms. The standard InChI is InChI=1S/C14H23NOS/c1-3-7-15-13(12-4-8-16-9-5-12)14-11(2)6-10-17-14/h6,10,12-13,15H,3-5,7-9H2,1-2H3. The first-order valence-corrected chi connectivity index (χ1v) is 7.56. The number of nitrogens with one attached hydrogen (secondary N) is 1. The molecule has 1 saturated heterocycles. The van der Waals surface area contributed by atoms with E-state index in [1.54, 1.807) is 0 Å². The molecule has 1 aliphatic heterocycles. The van der Waals surface area contributed by atoms with Crippen LogP contribution in [0.3, 0.4) is 0 Å². The molecule has 1 aromatic rings. The predicted octanol–water partition coefficient (Wildman–Crippen LogP) is 3.52. The average Bonchev–Trinajstić information content (AvgIpc) is 2.78. The van der Waals surface area contributed by atoms with Crippen molar-refractivity contribution in [2.45, 2.75) is 39.2 Å². The van der Waals surface area contributed by atoms with Crippen LogP contribution in [0, 0.1) is 12.8 Å². The van der Waals surface area contributed by atoms with Gasteiger partial charge >= 0.3 is 0 Å². The van der Waals surface area contributed by atoms with E-state index < -0.39 is 0 Å². The van der Waals surface area contributed by atoms with Gasteiger partial charge in [-0.1, -0.05) is 6.92 Å². The van der Waals surface area contributed by atoms with Crippen molar-refractivity contribution in [3.05, 3.63) is 21.9 Å². The van der Waals surface area contributed by atoms with E-state index in [1.807, 2.05) is 11.3 Å². The summed E-state index contributed by atoms with van der Waals surface area (Å²) in [7, 11) is 0. The second-order valence-electron chi connectivity index (χ2n) is 4.85. The summed E-state index contributed by atoms with van der Waals surface area (Å²) < 4.78 is 5.48. The monoisotopic (exact) mass is 253 g/mol. The molecule has 1 atom stereocenters. The highest BCUT2D eigenvalue weighted by molar-refractivity contribution is 7.10. The Morgan fingerprint density at radius 2 is 2.24 bits per heavy atom. The van der Waals surface area contributed by atoms with Crippen LogP contribution in [-0.2, 0) is 4.74 Å². The minimum atomic E-state index is 0.541. The summed E-state index contributed by atoms with van der Waals surface area (Å²) >= 11 is 1.90. The smallest absolute Gasteiger partial charge is 0.0469 e. The molecule has 0 saturated carbocycles. The lowest BCUT2D eigenvalue weighted by Crippen LogP contribution is -2.32. The largest absolute Gasteiger partial charge is 0.381 e. The molecule has 17 heavy (non-hydrogen) atoms. The van der Waals surface area contributed by atoms with Gasteiger partial charge in [0.05, 0.1) is 0 Å². The Labute approximate surface area is 108 Å². The summed E-state index contributed by atoms with van der Waals surface area (Å²) in [5.74, 6) is 0.743. The van der Waals surface area contributed by atoms with Crippen LogP contribution < -0.4 is 5.32 Å². The third-order valence-corrected chi connectivity index (χ3v) is 4.64. The van der Waals surface area contributed by atoms with Crippen LogP contribution >= 0.6 is 11.3 Å².